The van der Waals surface area contributed by atoms with E-state index in [0.717, 1.165) is 11.8 Å². The number of rotatable bonds is 7. The Labute approximate surface area is 115 Å². The SMILES string of the molecule is CCCC1CCCN(CC(NC)C(C)CC)CC1. The molecule has 0 radical (unpaired) electrons. The van der Waals surface area contributed by atoms with E-state index < -0.39 is 0 Å². The minimum atomic E-state index is 0.665. The quantitative estimate of drug-likeness (QED) is 0.748. The molecule has 3 unspecified atom stereocenters. The van der Waals surface area contributed by atoms with Gasteiger partial charge >= 0.3 is 0 Å². The van der Waals surface area contributed by atoms with Crippen LogP contribution in [0.5, 0.6) is 0 Å². The van der Waals surface area contributed by atoms with Crippen LogP contribution in [0, 0.1) is 11.8 Å². The molecular weight excluding hydrogens is 220 g/mol. The molecule has 1 fully saturated rings. The minimum absolute atomic E-state index is 0.665. The average molecular weight is 254 g/mol. The smallest absolute Gasteiger partial charge is 0.0217 e. The first-order valence-electron chi connectivity index (χ1n) is 8.10. The summed E-state index contributed by atoms with van der Waals surface area (Å²) in [6.45, 7) is 10.9. The Balaban J connectivity index is 2.37. The van der Waals surface area contributed by atoms with Crippen molar-refractivity contribution in [3.8, 4) is 0 Å². The number of hydrogen-bond acceptors (Lipinski definition) is 2. The molecule has 0 bridgehead atoms. The van der Waals surface area contributed by atoms with E-state index in [-0.39, 0.29) is 0 Å². The van der Waals surface area contributed by atoms with Gasteiger partial charge in [-0.05, 0) is 51.2 Å². The van der Waals surface area contributed by atoms with E-state index in [1.165, 1.54) is 58.2 Å². The molecule has 1 aliphatic heterocycles. The second kappa shape index (κ2) is 8.92. The molecule has 108 valence electrons. The summed E-state index contributed by atoms with van der Waals surface area (Å²) in [5.74, 6) is 1.78. The fourth-order valence-corrected chi connectivity index (χ4v) is 3.22. The van der Waals surface area contributed by atoms with E-state index in [9.17, 15) is 0 Å². The van der Waals surface area contributed by atoms with Gasteiger partial charge < -0.3 is 10.2 Å². The van der Waals surface area contributed by atoms with E-state index >= 15 is 0 Å². The van der Waals surface area contributed by atoms with Crippen LogP contribution in [0.15, 0.2) is 0 Å². The van der Waals surface area contributed by atoms with Crippen LogP contribution >= 0.6 is 0 Å². The van der Waals surface area contributed by atoms with E-state index in [4.69, 9.17) is 0 Å². The lowest BCUT2D eigenvalue weighted by molar-refractivity contribution is 0.219. The van der Waals surface area contributed by atoms with Gasteiger partial charge in [-0.1, -0.05) is 40.0 Å². The van der Waals surface area contributed by atoms with Crippen molar-refractivity contribution in [3.63, 3.8) is 0 Å². The summed E-state index contributed by atoms with van der Waals surface area (Å²) in [5, 5.41) is 3.52. The molecule has 0 aromatic rings. The summed E-state index contributed by atoms with van der Waals surface area (Å²) in [6.07, 6.45) is 8.35. The Bertz CT molecular complexity index is 205. The number of hydrogen-bond donors (Lipinski definition) is 1. The van der Waals surface area contributed by atoms with Gasteiger partial charge in [-0.2, -0.15) is 0 Å². The van der Waals surface area contributed by atoms with Crippen molar-refractivity contribution >= 4 is 0 Å². The third kappa shape index (κ3) is 5.27. The summed E-state index contributed by atoms with van der Waals surface area (Å²) < 4.78 is 0. The van der Waals surface area contributed by atoms with Crippen molar-refractivity contribution in [2.75, 3.05) is 26.7 Å². The molecule has 1 N–H and O–H groups in total. The Morgan fingerprint density at radius 2 is 2.00 bits per heavy atom. The molecule has 1 aliphatic rings. The minimum Gasteiger partial charge on any atom is -0.315 e. The Hall–Kier alpha value is -0.0800. The Morgan fingerprint density at radius 3 is 2.61 bits per heavy atom. The molecule has 1 heterocycles. The van der Waals surface area contributed by atoms with E-state index in [1.54, 1.807) is 0 Å². The molecule has 1 saturated heterocycles. The molecule has 2 nitrogen and oxygen atoms in total. The molecule has 0 aromatic heterocycles. The highest BCUT2D eigenvalue weighted by atomic mass is 15.1. The van der Waals surface area contributed by atoms with Crippen LogP contribution in [-0.4, -0.2) is 37.6 Å². The molecule has 0 amide bonds. The highest BCUT2D eigenvalue weighted by Crippen LogP contribution is 2.22. The van der Waals surface area contributed by atoms with E-state index in [1.807, 2.05) is 0 Å². The first-order chi connectivity index (χ1) is 8.71. The number of nitrogens with zero attached hydrogens (tertiary/aromatic N) is 1. The van der Waals surface area contributed by atoms with Gasteiger partial charge in [0.1, 0.15) is 0 Å². The molecule has 0 spiro atoms. The van der Waals surface area contributed by atoms with Gasteiger partial charge in [-0.15, -0.1) is 0 Å². The van der Waals surface area contributed by atoms with Gasteiger partial charge in [0.2, 0.25) is 0 Å². The van der Waals surface area contributed by atoms with Crippen LogP contribution in [0.2, 0.25) is 0 Å². The molecule has 3 atom stereocenters. The zero-order chi connectivity index (χ0) is 13.4. The zero-order valence-electron chi connectivity index (χ0n) is 13.0. The average Bonchev–Trinajstić information content (AvgIpc) is 2.61. The van der Waals surface area contributed by atoms with Crippen LogP contribution in [0.3, 0.4) is 0 Å². The summed E-state index contributed by atoms with van der Waals surface area (Å²) in [5.41, 5.74) is 0. The van der Waals surface area contributed by atoms with Gasteiger partial charge in [0.15, 0.2) is 0 Å². The summed E-state index contributed by atoms with van der Waals surface area (Å²) >= 11 is 0. The lowest BCUT2D eigenvalue weighted by Gasteiger charge is -2.29. The Morgan fingerprint density at radius 1 is 1.22 bits per heavy atom. The predicted molar refractivity (Wildman–Crippen MR) is 81.0 cm³/mol. The second-order valence-corrected chi connectivity index (χ2v) is 6.17. The highest BCUT2D eigenvalue weighted by Gasteiger charge is 2.21. The molecule has 0 aliphatic carbocycles. The number of likely N-dealkylation sites (tertiary alicyclic amines) is 1. The monoisotopic (exact) mass is 254 g/mol. The summed E-state index contributed by atoms with van der Waals surface area (Å²) in [4.78, 5) is 2.70. The molecular formula is C16H34N2. The summed E-state index contributed by atoms with van der Waals surface area (Å²) in [7, 11) is 2.12. The van der Waals surface area contributed by atoms with Crippen LogP contribution in [0.4, 0.5) is 0 Å². The molecule has 2 heteroatoms. The lowest BCUT2D eigenvalue weighted by atomic mass is 9.96. The predicted octanol–water partition coefficient (Wildman–Crippen LogP) is 3.52. The van der Waals surface area contributed by atoms with Crippen molar-refractivity contribution in [2.24, 2.45) is 11.8 Å². The fourth-order valence-electron chi connectivity index (χ4n) is 3.22. The molecule has 0 saturated carbocycles. The van der Waals surface area contributed by atoms with Crippen molar-refractivity contribution in [2.45, 2.75) is 65.3 Å². The third-order valence-electron chi connectivity index (χ3n) is 4.79. The first kappa shape index (κ1) is 16.0. The third-order valence-corrected chi connectivity index (χ3v) is 4.79. The number of nitrogens with one attached hydrogen (secondary N) is 1. The zero-order valence-corrected chi connectivity index (χ0v) is 13.0. The van der Waals surface area contributed by atoms with Crippen molar-refractivity contribution in [1.29, 1.82) is 0 Å². The van der Waals surface area contributed by atoms with Gasteiger partial charge in [-0.25, -0.2) is 0 Å². The number of likely N-dealkylation sites (N-methyl/N-ethyl adjacent to an activating group) is 1. The normalized spacial score (nSPS) is 25.7. The van der Waals surface area contributed by atoms with Crippen molar-refractivity contribution < 1.29 is 0 Å². The first-order valence-corrected chi connectivity index (χ1v) is 8.10. The van der Waals surface area contributed by atoms with E-state index in [2.05, 4.69) is 38.0 Å². The van der Waals surface area contributed by atoms with Crippen LogP contribution in [-0.2, 0) is 0 Å². The van der Waals surface area contributed by atoms with E-state index in [0.29, 0.717) is 6.04 Å². The van der Waals surface area contributed by atoms with Crippen LogP contribution in [0.1, 0.15) is 59.3 Å². The lowest BCUT2D eigenvalue weighted by Crippen LogP contribution is -2.43. The van der Waals surface area contributed by atoms with Gasteiger partial charge in [-0.3, -0.25) is 0 Å². The maximum absolute atomic E-state index is 3.52. The topological polar surface area (TPSA) is 15.3 Å². The summed E-state index contributed by atoms with van der Waals surface area (Å²) in [6, 6.07) is 0.665. The van der Waals surface area contributed by atoms with Gasteiger partial charge in [0, 0.05) is 12.6 Å². The second-order valence-electron chi connectivity index (χ2n) is 6.17. The van der Waals surface area contributed by atoms with Crippen LogP contribution in [0.25, 0.3) is 0 Å². The molecule has 1 rings (SSSR count). The van der Waals surface area contributed by atoms with Gasteiger partial charge in [0.25, 0.3) is 0 Å². The van der Waals surface area contributed by atoms with Crippen molar-refractivity contribution in [3.05, 3.63) is 0 Å². The fraction of sp³-hybridized carbons (Fsp3) is 1.00. The van der Waals surface area contributed by atoms with Crippen molar-refractivity contribution in [1.82, 2.24) is 10.2 Å². The largest absolute Gasteiger partial charge is 0.315 e. The highest BCUT2D eigenvalue weighted by molar-refractivity contribution is 4.78. The molecule has 18 heavy (non-hydrogen) atoms. The maximum Gasteiger partial charge on any atom is 0.0217 e. The van der Waals surface area contributed by atoms with Crippen LogP contribution < -0.4 is 5.32 Å². The standard InChI is InChI=1S/C16H34N2/c1-5-8-15-9-7-11-18(12-10-15)13-16(17-4)14(3)6-2/h14-17H,5-13H2,1-4H3. The Kier molecular flexibility index (Phi) is 7.92. The molecule has 0 aromatic carbocycles. The maximum atomic E-state index is 3.52. The van der Waals surface area contributed by atoms with Gasteiger partial charge in [0.05, 0.1) is 0 Å².